The topological polar surface area (TPSA) is 55.1 Å². The zero-order chi connectivity index (χ0) is 15.2. The van der Waals surface area contributed by atoms with Crippen molar-refractivity contribution in [1.29, 1.82) is 0 Å². The molecule has 0 aliphatic carbocycles. The van der Waals surface area contributed by atoms with Crippen molar-refractivity contribution in [2.75, 3.05) is 0 Å². The molecule has 0 atom stereocenters. The van der Waals surface area contributed by atoms with Gasteiger partial charge in [-0.25, -0.2) is 5.84 Å². The zero-order valence-electron chi connectivity index (χ0n) is 12.3. The Balaban J connectivity index is 2.09. The van der Waals surface area contributed by atoms with Gasteiger partial charge in [-0.2, -0.15) is 0 Å². The van der Waals surface area contributed by atoms with Gasteiger partial charge in [0, 0.05) is 10.6 Å². The van der Waals surface area contributed by atoms with Crippen molar-refractivity contribution in [3.63, 3.8) is 0 Å². The summed E-state index contributed by atoms with van der Waals surface area (Å²) in [5, 5.41) is 0. The number of carbonyl (C=O) groups excluding carboxylic acids is 1. The predicted octanol–water partition coefficient (Wildman–Crippen LogP) is 3.13. The Kier molecular flexibility index (Phi) is 5.42. The van der Waals surface area contributed by atoms with Crippen LogP contribution >= 0.6 is 11.8 Å². The van der Waals surface area contributed by atoms with Crippen LogP contribution in [0.25, 0.3) is 0 Å². The molecule has 3 nitrogen and oxygen atoms in total. The summed E-state index contributed by atoms with van der Waals surface area (Å²) < 4.78 is 0. The third-order valence-corrected chi connectivity index (χ3v) is 4.55. The normalized spacial score (nSPS) is 10.4. The number of rotatable bonds is 5. The number of nitrogens with two attached hydrogens (primary N) is 1. The molecule has 0 unspecified atom stereocenters. The maximum atomic E-state index is 11.4. The van der Waals surface area contributed by atoms with Gasteiger partial charge in [0.15, 0.2) is 0 Å². The lowest BCUT2D eigenvalue weighted by Gasteiger charge is -2.09. The average molecular weight is 300 g/mol. The van der Waals surface area contributed by atoms with E-state index in [9.17, 15) is 4.79 Å². The number of carbonyl (C=O) groups is 1. The SMILES string of the molecule is Cc1ccc(SCc2ccccc2CC(=O)NN)cc1C. The fourth-order valence-corrected chi connectivity index (χ4v) is 3.09. The van der Waals surface area contributed by atoms with Crippen molar-refractivity contribution in [2.45, 2.75) is 30.9 Å². The first kappa shape index (κ1) is 15.6. The quantitative estimate of drug-likeness (QED) is 0.386. The van der Waals surface area contributed by atoms with E-state index < -0.39 is 0 Å². The first-order valence-electron chi connectivity index (χ1n) is 6.86. The molecule has 0 saturated heterocycles. The van der Waals surface area contributed by atoms with Gasteiger partial charge in [-0.3, -0.25) is 10.2 Å². The van der Waals surface area contributed by atoms with Gasteiger partial charge in [0.1, 0.15) is 0 Å². The highest BCUT2D eigenvalue weighted by molar-refractivity contribution is 7.98. The molecule has 0 saturated carbocycles. The van der Waals surface area contributed by atoms with E-state index in [-0.39, 0.29) is 5.91 Å². The van der Waals surface area contributed by atoms with Gasteiger partial charge in [0.05, 0.1) is 6.42 Å². The highest BCUT2D eigenvalue weighted by Crippen LogP contribution is 2.26. The second kappa shape index (κ2) is 7.29. The number of nitrogens with one attached hydrogen (secondary N) is 1. The van der Waals surface area contributed by atoms with E-state index in [1.165, 1.54) is 21.6 Å². The van der Waals surface area contributed by atoms with Crippen LogP contribution in [0.4, 0.5) is 0 Å². The molecule has 2 aromatic rings. The molecule has 0 radical (unpaired) electrons. The lowest BCUT2D eigenvalue weighted by atomic mass is 10.1. The number of hydrazine groups is 1. The summed E-state index contributed by atoms with van der Waals surface area (Å²) in [7, 11) is 0. The Hall–Kier alpha value is -1.78. The highest BCUT2D eigenvalue weighted by atomic mass is 32.2. The van der Waals surface area contributed by atoms with Crippen molar-refractivity contribution in [1.82, 2.24) is 5.43 Å². The smallest absolute Gasteiger partial charge is 0.238 e. The summed E-state index contributed by atoms with van der Waals surface area (Å²) >= 11 is 1.78. The molecule has 0 spiro atoms. The van der Waals surface area contributed by atoms with Crippen LogP contribution in [-0.2, 0) is 17.0 Å². The fourth-order valence-electron chi connectivity index (χ4n) is 2.06. The van der Waals surface area contributed by atoms with E-state index in [4.69, 9.17) is 5.84 Å². The van der Waals surface area contributed by atoms with Crippen molar-refractivity contribution in [3.8, 4) is 0 Å². The maximum absolute atomic E-state index is 11.4. The second-order valence-electron chi connectivity index (χ2n) is 5.05. The number of benzene rings is 2. The van der Waals surface area contributed by atoms with Gasteiger partial charge >= 0.3 is 0 Å². The predicted molar refractivity (Wildman–Crippen MR) is 88.0 cm³/mol. The molecule has 0 aliphatic heterocycles. The first-order valence-corrected chi connectivity index (χ1v) is 7.85. The average Bonchev–Trinajstić information content (AvgIpc) is 2.49. The van der Waals surface area contributed by atoms with Crippen molar-refractivity contribution < 1.29 is 4.79 Å². The standard InChI is InChI=1S/C17H20N2OS/c1-12-7-8-16(9-13(12)2)21-11-15-6-4-3-5-14(15)10-17(20)19-18/h3-9H,10-11,18H2,1-2H3,(H,19,20). The first-order chi connectivity index (χ1) is 10.1. The van der Waals surface area contributed by atoms with Crippen LogP contribution in [0.3, 0.4) is 0 Å². The van der Waals surface area contributed by atoms with Gasteiger partial charge in [-0.15, -0.1) is 11.8 Å². The number of hydrogen-bond acceptors (Lipinski definition) is 3. The van der Waals surface area contributed by atoms with E-state index in [1.54, 1.807) is 11.8 Å². The van der Waals surface area contributed by atoms with Crippen molar-refractivity contribution >= 4 is 17.7 Å². The largest absolute Gasteiger partial charge is 0.294 e. The monoisotopic (exact) mass is 300 g/mol. The van der Waals surface area contributed by atoms with Crippen LogP contribution in [0.1, 0.15) is 22.3 Å². The molecule has 4 heteroatoms. The molecule has 0 fully saturated rings. The minimum absolute atomic E-state index is 0.168. The zero-order valence-corrected chi connectivity index (χ0v) is 13.2. The molecule has 0 aromatic heterocycles. The highest BCUT2D eigenvalue weighted by Gasteiger charge is 2.07. The van der Waals surface area contributed by atoms with Crippen LogP contribution in [0, 0.1) is 13.8 Å². The van der Waals surface area contributed by atoms with Gasteiger partial charge in [-0.1, -0.05) is 30.3 Å². The molecule has 2 rings (SSSR count). The number of amides is 1. The Labute approximate surface area is 129 Å². The van der Waals surface area contributed by atoms with E-state index in [1.807, 2.05) is 18.2 Å². The minimum Gasteiger partial charge on any atom is -0.294 e. The Bertz CT molecular complexity index is 640. The Morgan fingerprint density at radius 3 is 2.48 bits per heavy atom. The van der Waals surface area contributed by atoms with E-state index in [2.05, 4.69) is 43.5 Å². The van der Waals surface area contributed by atoms with Crippen LogP contribution in [-0.4, -0.2) is 5.91 Å². The lowest BCUT2D eigenvalue weighted by molar-refractivity contribution is -0.120. The molecule has 1 amide bonds. The molecule has 0 aliphatic rings. The van der Waals surface area contributed by atoms with Crippen LogP contribution in [0.5, 0.6) is 0 Å². The summed E-state index contributed by atoms with van der Waals surface area (Å²) in [6.45, 7) is 4.24. The molecular formula is C17H20N2OS. The molecule has 2 aromatic carbocycles. The summed E-state index contributed by atoms with van der Waals surface area (Å²) in [4.78, 5) is 12.7. The van der Waals surface area contributed by atoms with Gasteiger partial charge in [0.2, 0.25) is 5.91 Å². The Morgan fingerprint density at radius 1 is 1.10 bits per heavy atom. The summed E-state index contributed by atoms with van der Waals surface area (Å²) in [6, 6.07) is 14.5. The number of thioether (sulfide) groups is 1. The molecule has 0 bridgehead atoms. The van der Waals surface area contributed by atoms with Gasteiger partial charge in [0.25, 0.3) is 0 Å². The fraction of sp³-hybridized carbons (Fsp3) is 0.235. The van der Waals surface area contributed by atoms with Crippen molar-refractivity contribution in [3.05, 3.63) is 64.7 Å². The second-order valence-corrected chi connectivity index (χ2v) is 6.10. The summed E-state index contributed by atoms with van der Waals surface area (Å²) in [5.74, 6) is 5.84. The van der Waals surface area contributed by atoms with Crippen molar-refractivity contribution in [2.24, 2.45) is 5.84 Å². The molecule has 21 heavy (non-hydrogen) atoms. The van der Waals surface area contributed by atoms with Gasteiger partial charge in [-0.05, 0) is 48.2 Å². The van der Waals surface area contributed by atoms with Crippen LogP contribution < -0.4 is 11.3 Å². The van der Waals surface area contributed by atoms with E-state index in [0.717, 1.165) is 11.3 Å². The van der Waals surface area contributed by atoms with Crippen LogP contribution in [0.15, 0.2) is 47.4 Å². The molecule has 3 N–H and O–H groups in total. The molecule has 110 valence electrons. The third kappa shape index (κ3) is 4.34. The number of hydrogen-bond donors (Lipinski definition) is 2. The van der Waals surface area contributed by atoms with Gasteiger partial charge < -0.3 is 0 Å². The Morgan fingerprint density at radius 2 is 1.81 bits per heavy atom. The summed E-state index contributed by atoms with van der Waals surface area (Å²) in [6.07, 6.45) is 0.320. The minimum atomic E-state index is -0.168. The van der Waals surface area contributed by atoms with Crippen LogP contribution in [0.2, 0.25) is 0 Å². The molecule has 0 heterocycles. The third-order valence-electron chi connectivity index (χ3n) is 3.50. The van der Waals surface area contributed by atoms with E-state index >= 15 is 0 Å². The van der Waals surface area contributed by atoms with E-state index in [0.29, 0.717) is 6.42 Å². The summed E-state index contributed by atoms with van der Waals surface area (Å²) in [5.41, 5.74) is 6.98. The lowest BCUT2D eigenvalue weighted by Crippen LogP contribution is -2.31. The maximum Gasteiger partial charge on any atom is 0.238 e. The molecular weight excluding hydrogens is 280 g/mol. The number of aryl methyl sites for hydroxylation is 2.